The Balaban J connectivity index is 2.19. The molecule has 3 atom stereocenters. The van der Waals surface area contributed by atoms with Crippen LogP contribution in [0.3, 0.4) is 0 Å². The Bertz CT molecular complexity index is 569. The second-order valence-corrected chi connectivity index (χ2v) is 7.82. The molecule has 1 N–H and O–H groups in total. The number of nitrogens with zero attached hydrogens (tertiary/aromatic N) is 2. The Morgan fingerprint density at radius 1 is 1.20 bits per heavy atom. The third-order valence-electron chi connectivity index (χ3n) is 4.79. The summed E-state index contributed by atoms with van der Waals surface area (Å²) >= 11 is 0. The van der Waals surface area contributed by atoms with Crippen LogP contribution in [-0.2, 0) is 9.53 Å². The van der Waals surface area contributed by atoms with Crippen molar-refractivity contribution in [3.63, 3.8) is 0 Å². The molecule has 25 heavy (non-hydrogen) atoms. The van der Waals surface area contributed by atoms with Crippen LogP contribution in [0.1, 0.15) is 59.3 Å². The predicted molar refractivity (Wildman–Crippen MR) is 93.2 cm³/mol. The molecule has 2 rings (SSSR count). The normalized spacial score (nSPS) is 25.1. The molecule has 1 aliphatic carbocycles. The number of hydrogen-bond donors (Lipinski definition) is 1. The number of hydrogen-bond acceptors (Lipinski definition) is 4. The van der Waals surface area contributed by atoms with E-state index in [1.807, 2.05) is 0 Å². The Morgan fingerprint density at radius 2 is 1.80 bits per heavy atom. The van der Waals surface area contributed by atoms with Crippen molar-refractivity contribution in [1.82, 2.24) is 10.2 Å². The van der Waals surface area contributed by atoms with Crippen molar-refractivity contribution >= 4 is 12.0 Å². The summed E-state index contributed by atoms with van der Waals surface area (Å²) in [4.78, 5) is 26.9. The van der Waals surface area contributed by atoms with Gasteiger partial charge in [-0.05, 0) is 52.4 Å². The number of alkyl carbamates (subject to hydrolysis) is 1. The Labute approximate surface area is 149 Å². The van der Waals surface area contributed by atoms with Crippen molar-refractivity contribution in [2.45, 2.75) is 83.0 Å². The zero-order valence-corrected chi connectivity index (χ0v) is 15.2. The maximum atomic E-state index is 13.2. The van der Waals surface area contributed by atoms with E-state index in [9.17, 15) is 14.9 Å². The van der Waals surface area contributed by atoms with Gasteiger partial charge in [0.2, 0.25) is 5.91 Å². The summed E-state index contributed by atoms with van der Waals surface area (Å²) < 4.78 is 5.32. The fourth-order valence-electron chi connectivity index (χ4n) is 3.68. The van der Waals surface area contributed by atoms with E-state index in [4.69, 9.17) is 11.2 Å². The number of amides is 2. The fraction of sp³-hybridized carbons (Fsp3) is 0.737. The van der Waals surface area contributed by atoms with Gasteiger partial charge in [-0.2, -0.15) is 5.26 Å². The van der Waals surface area contributed by atoms with Crippen molar-refractivity contribution in [2.75, 3.05) is 0 Å². The van der Waals surface area contributed by atoms with Crippen molar-refractivity contribution in [1.29, 1.82) is 5.26 Å². The molecule has 6 heteroatoms. The second-order valence-electron chi connectivity index (χ2n) is 7.82. The van der Waals surface area contributed by atoms with Gasteiger partial charge < -0.3 is 15.0 Å². The molecule has 0 bridgehead atoms. The van der Waals surface area contributed by atoms with Gasteiger partial charge in [0.15, 0.2) is 0 Å². The van der Waals surface area contributed by atoms with E-state index in [2.05, 4.69) is 17.3 Å². The van der Waals surface area contributed by atoms with Crippen LogP contribution in [0.4, 0.5) is 4.79 Å². The second kappa shape index (κ2) is 7.78. The zero-order valence-electron chi connectivity index (χ0n) is 15.2. The van der Waals surface area contributed by atoms with E-state index in [-0.39, 0.29) is 17.9 Å². The summed E-state index contributed by atoms with van der Waals surface area (Å²) in [5.74, 6) is 2.40. The number of ether oxygens (including phenoxy) is 1. The molecule has 1 heterocycles. The van der Waals surface area contributed by atoms with Crippen LogP contribution in [0.5, 0.6) is 0 Å². The van der Waals surface area contributed by atoms with Crippen LogP contribution in [0.15, 0.2) is 0 Å². The van der Waals surface area contributed by atoms with Gasteiger partial charge >= 0.3 is 6.09 Å². The van der Waals surface area contributed by atoms with Crippen molar-refractivity contribution in [3.05, 3.63) is 0 Å². The Morgan fingerprint density at radius 3 is 2.32 bits per heavy atom. The topological polar surface area (TPSA) is 82.4 Å². The van der Waals surface area contributed by atoms with Gasteiger partial charge in [-0.25, -0.2) is 4.79 Å². The highest BCUT2D eigenvalue weighted by atomic mass is 16.6. The molecular weight excluding hydrogens is 318 g/mol. The third kappa shape index (κ3) is 4.66. The summed E-state index contributed by atoms with van der Waals surface area (Å²) in [6.45, 7) is 5.33. The van der Waals surface area contributed by atoms with Crippen LogP contribution < -0.4 is 5.32 Å². The molecule has 2 fully saturated rings. The highest BCUT2D eigenvalue weighted by Gasteiger charge is 2.43. The van der Waals surface area contributed by atoms with Gasteiger partial charge in [0.25, 0.3) is 0 Å². The summed E-state index contributed by atoms with van der Waals surface area (Å²) in [5, 5.41) is 12.1. The minimum Gasteiger partial charge on any atom is -0.444 e. The zero-order chi connectivity index (χ0) is 18.6. The number of nitriles is 1. The van der Waals surface area contributed by atoms with E-state index >= 15 is 0 Å². The summed E-state index contributed by atoms with van der Waals surface area (Å²) in [5.41, 5.74) is -0.641. The fourth-order valence-corrected chi connectivity index (χ4v) is 3.68. The number of carbonyl (C=O) groups excluding carboxylic acids is 2. The third-order valence-corrected chi connectivity index (χ3v) is 4.79. The first-order valence-electron chi connectivity index (χ1n) is 8.94. The van der Waals surface area contributed by atoms with Crippen LogP contribution in [0, 0.1) is 29.6 Å². The number of carbonyl (C=O) groups is 2. The maximum absolute atomic E-state index is 13.2. The molecule has 6 nitrogen and oxygen atoms in total. The minimum absolute atomic E-state index is 0.0541. The largest absolute Gasteiger partial charge is 0.444 e. The average Bonchev–Trinajstić information content (AvgIpc) is 3.18. The van der Waals surface area contributed by atoms with Crippen LogP contribution in [-0.4, -0.2) is 40.6 Å². The SMILES string of the molecule is C#CC1CCC(C#N)N1C(=O)[C@@H](NC(=O)OC(C)(C)C)C1CCCC1. The molecule has 2 unspecified atom stereocenters. The first-order valence-corrected chi connectivity index (χ1v) is 8.94. The first-order chi connectivity index (χ1) is 11.8. The van der Waals surface area contributed by atoms with E-state index in [1.165, 1.54) is 4.90 Å². The highest BCUT2D eigenvalue weighted by molar-refractivity contribution is 5.87. The van der Waals surface area contributed by atoms with E-state index in [1.54, 1.807) is 20.8 Å². The Kier molecular flexibility index (Phi) is 5.95. The van der Waals surface area contributed by atoms with Gasteiger partial charge in [-0.15, -0.1) is 6.42 Å². The summed E-state index contributed by atoms with van der Waals surface area (Å²) in [7, 11) is 0. The smallest absolute Gasteiger partial charge is 0.408 e. The van der Waals surface area contributed by atoms with Crippen molar-refractivity contribution < 1.29 is 14.3 Å². The number of nitrogens with one attached hydrogen (secondary N) is 1. The summed E-state index contributed by atoms with van der Waals surface area (Å²) in [6, 6.07) is 0.552. The predicted octanol–water partition coefficient (Wildman–Crippen LogP) is 2.59. The molecule has 0 aromatic heterocycles. The van der Waals surface area contributed by atoms with Crippen molar-refractivity contribution in [2.24, 2.45) is 5.92 Å². The minimum atomic E-state index is -0.692. The molecule has 0 aromatic rings. The monoisotopic (exact) mass is 345 g/mol. The molecule has 0 aromatic carbocycles. The molecule has 1 saturated carbocycles. The lowest BCUT2D eigenvalue weighted by Gasteiger charge is -2.32. The van der Waals surface area contributed by atoms with E-state index in [0.29, 0.717) is 12.8 Å². The van der Waals surface area contributed by atoms with E-state index < -0.39 is 23.8 Å². The number of likely N-dealkylation sites (tertiary alicyclic amines) is 1. The van der Waals surface area contributed by atoms with Crippen molar-refractivity contribution in [3.8, 4) is 18.4 Å². The number of terminal acetylenes is 1. The lowest BCUT2D eigenvalue weighted by atomic mass is 9.96. The maximum Gasteiger partial charge on any atom is 0.408 e. The molecule has 1 saturated heterocycles. The standard InChI is InChI=1S/C19H27N3O3/c1-5-14-10-11-15(12-20)22(14)17(23)16(13-8-6-7-9-13)21-18(24)25-19(2,3)4/h1,13-16H,6-11H2,2-4H3,(H,21,24)/t14?,15?,16-/m0/s1. The van der Waals surface area contributed by atoms with Gasteiger partial charge in [0.1, 0.15) is 17.7 Å². The molecule has 2 aliphatic rings. The molecule has 2 amide bonds. The lowest BCUT2D eigenvalue weighted by molar-refractivity contribution is -0.136. The van der Waals surface area contributed by atoms with Gasteiger partial charge in [0.05, 0.1) is 12.1 Å². The molecule has 1 aliphatic heterocycles. The van der Waals surface area contributed by atoms with E-state index in [0.717, 1.165) is 25.7 Å². The lowest BCUT2D eigenvalue weighted by Crippen LogP contribution is -2.55. The quantitative estimate of drug-likeness (QED) is 0.797. The summed E-state index contributed by atoms with van der Waals surface area (Å²) in [6.07, 6.45) is 9.94. The molecule has 136 valence electrons. The molecular formula is C19H27N3O3. The molecule has 0 spiro atoms. The van der Waals surface area contributed by atoms with Gasteiger partial charge in [-0.3, -0.25) is 4.79 Å². The Hall–Kier alpha value is -2.21. The van der Waals surface area contributed by atoms with Gasteiger partial charge in [0, 0.05) is 0 Å². The van der Waals surface area contributed by atoms with Crippen LogP contribution >= 0.6 is 0 Å². The number of rotatable bonds is 3. The average molecular weight is 345 g/mol. The highest BCUT2D eigenvalue weighted by Crippen LogP contribution is 2.32. The van der Waals surface area contributed by atoms with Crippen LogP contribution in [0.25, 0.3) is 0 Å². The van der Waals surface area contributed by atoms with Crippen LogP contribution in [0.2, 0.25) is 0 Å². The van der Waals surface area contributed by atoms with Gasteiger partial charge in [-0.1, -0.05) is 18.8 Å². The molecule has 0 radical (unpaired) electrons. The first kappa shape index (κ1) is 19.1.